The first-order valence-electron chi connectivity index (χ1n) is 14.1. The van der Waals surface area contributed by atoms with Crippen molar-refractivity contribution in [1.82, 2.24) is 5.32 Å². The topological polar surface area (TPSA) is 105 Å². The maximum atomic E-state index is 12.5. The van der Waals surface area contributed by atoms with Gasteiger partial charge in [0.15, 0.2) is 0 Å². The van der Waals surface area contributed by atoms with Crippen LogP contribution in [0.15, 0.2) is 12.2 Å². The number of amides is 1. The van der Waals surface area contributed by atoms with E-state index in [9.17, 15) is 19.4 Å². The molecule has 9 heteroatoms. The number of quaternary nitrogens is 1. The highest BCUT2D eigenvalue weighted by molar-refractivity contribution is 7.47. The molecule has 0 aromatic carbocycles. The molecule has 0 bridgehead atoms. The Morgan fingerprint density at radius 3 is 2.06 bits per heavy atom. The summed E-state index contributed by atoms with van der Waals surface area (Å²) in [6.45, 7) is 4.64. The molecule has 3 N–H and O–H groups in total. The Morgan fingerprint density at radius 1 is 0.917 bits per heavy atom. The lowest BCUT2D eigenvalue weighted by Crippen LogP contribution is -2.45. The molecule has 0 fully saturated rings. The molecule has 1 amide bonds. The molecule has 36 heavy (non-hydrogen) atoms. The molecule has 0 heterocycles. The summed E-state index contributed by atoms with van der Waals surface area (Å²) in [4.78, 5) is 22.5. The van der Waals surface area contributed by atoms with Crippen LogP contribution < -0.4 is 5.32 Å². The number of aliphatic hydroxyl groups excluding tert-OH is 1. The van der Waals surface area contributed by atoms with Crippen LogP contribution in [0.25, 0.3) is 0 Å². The average Bonchev–Trinajstić information content (AvgIpc) is 2.79. The van der Waals surface area contributed by atoms with E-state index in [1.165, 1.54) is 32.1 Å². The lowest BCUT2D eigenvalue weighted by molar-refractivity contribution is -0.870. The van der Waals surface area contributed by atoms with Gasteiger partial charge in [-0.2, -0.15) is 0 Å². The number of nitrogens with one attached hydrogen (secondary N) is 1. The Labute approximate surface area is 221 Å². The van der Waals surface area contributed by atoms with Crippen molar-refractivity contribution in [3.05, 3.63) is 12.2 Å². The predicted molar refractivity (Wildman–Crippen MR) is 148 cm³/mol. The van der Waals surface area contributed by atoms with Gasteiger partial charge in [-0.15, -0.1) is 0 Å². The van der Waals surface area contributed by atoms with Gasteiger partial charge in [0.2, 0.25) is 5.91 Å². The van der Waals surface area contributed by atoms with Gasteiger partial charge in [-0.25, -0.2) is 4.57 Å². The van der Waals surface area contributed by atoms with Gasteiger partial charge in [0.05, 0.1) is 39.9 Å². The first-order chi connectivity index (χ1) is 17.0. The number of phosphoric ester groups is 1. The maximum Gasteiger partial charge on any atom is 0.472 e. The predicted octanol–water partition coefficient (Wildman–Crippen LogP) is 5.73. The summed E-state index contributed by atoms with van der Waals surface area (Å²) in [5.41, 5.74) is 0. The fourth-order valence-corrected chi connectivity index (χ4v) is 4.36. The Bertz CT molecular complexity index is 624. The highest BCUT2D eigenvalue weighted by atomic mass is 31.2. The van der Waals surface area contributed by atoms with Crippen molar-refractivity contribution in [2.45, 2.75) is 116 Å². The molecule has 0 saturated carbocycles. The van der Waals surface area contributed by atoms with Crippen LogP contribution in [0.5, 0.6) is 0 Å². The zero-order valence-corrected chi connectivity index (χ0v) is 24.6. The Balaban J connectivity index is 4.72. The van der Waals surface area contributed by atoms with Gasteiger partial charge < -0.3 is 19.8 Å². The van der Waals surface area contributed by atoms with Crippen molar-refractivity contribution < 1.29 is 32.9 Å². The Hall–Kier alpha value is -0.760. The number of aliphatic hydroxyl groups is 1. The van der Waals surface area contributed by atoms with Gasteiger partial charge in [0.1, 0.15) is 13.2 Å². The highest BCUT2D eigenvalue weighted by Crippen LogP contribution is 2.43. The molecular formula is C27H56N2O6P+. The fourth-order valence-electron chi connectivity index (χ4n) is 3.62. The molecule has 3 unspecified atom stereocenters. The fraction of sp³-hybridized carbons (Fsp3) is 0.889. The number of phosphoric acid groups is 1. The summed E-state index contributed by atoms with van der Waals surface area (Å²) >= 11 is 0. The van der Waals surface area contributed by atoms with E-state index in [1.54, 1.807) is 6.08 Å². The molecule has 0 rings (SSSR count). The monoisotopic (exact) mass is 535 g/mol. The zero-order valence-electron chi connectivity index (χ0n) is 23.8. The van der Waals surface area contributed by atoms with Crippen LogP contribution in [0.3, 0.4) is 0 Å². The summed E-state index contributed by atoms with van der Waals surface area (Å²) in [6, 6.07) is -0.832. The molecule has 0 aliphatic heterocycles. The minimum Gasteiger partial charge on any atom is -0.387 e. The van der Waals surface area contributed by atoms with Crippen molar-refractivity contribution >= 4 is 13.7 Å². The first-order valence-corrected chi connectivity index (χ1v) is 15.6. The Morgan fingerprint density at radius 2 is 1.47 bits per heavy atom. The number of nitrogens with zero attached hydrogens (tertiary/aromatic N) is 1. The number of hydrogen-bond acceptors (Lipinski definition) is 5. The minimum atomic E-state index is -4.30. The average molecular weight is 536 g/mol. The summed E-state index contributed by atoms with van der Waals surface area (Å²) in [6.07, 6.45) is 17.4. The van der Waals surface area contributed by atoms with E-state index in [-0.39, 0.29) is 19.1 Å². The first kappa shape index (κ1) is 35.2. The summed E-state index contributed by atoms with van der Waals surface area (Å²) in [5.74, 6) is -0.196. The van der Waals surface area contributed by atoms with Gasteiger partial charge in [0, 0.05) is 6.42 Å². The number of allylic oxidation sites excluding steroid dienone is 1. The number of carbonyl (C=O) groups excluding carboxylic acids is 1. The van der Waals surface area contributed by atoms with Crippen LogP contribution in [-0.4, -0.2) is 73.4 Å². The van der Waals surface area contributed by atoms with Crippen LogP contribution in [0.4, 0.5) is 0 Å². The molecule has 0 spiro atoms. The van der Waals surface area contributed by atoms with E-state index < -0.39 is 20.0 Å². The molecule has 0 radical (unpaired) electrons. The largest absolute Gasteiger partial charge is 0.472 e. The number of hydrogen-bond donors (Lipinski definition) is 3. The number of unbranched alkanes of at least 4 members (excludes halogenated alkanes) is 11. The zero-order chi connectivity index (χ0) is 27.3. The standard InChI is InChI=1S/C27H55N2O6P/c1-6-8-10-12-13-14-15-17-18-20-26(30)25(28-27(31)21-19-16-11-9-7-2)24-35-36(32,33)34-23-22-29(3,4)5/h18,20,25-26,30H,6-17,19,21-24H2,1-5H3,(H-,28,31,32,33)/p+1/b20-18+. The number of carbonyl (C=O) groups is 1. The second-order valence-electron chi connectivity index (χ2n) is 10.8. The highest BCUT2D eigenvalue weighted by Gasteiger charge is 2.27. The second-order valence-corrected chi connectivity index (χ2v) is 12.2. The summed E-state index contributed by atoms with van der Waals surface area (Å²) in [5, 5.41) is 13.5. The van der Waals surface area contributed by atoms with Gasteiger partial charge in [-0.1, -0.05) is 90.2 Å². The molecular weight excluding hydrogens is 479 g/mol. The van der Waals surface area contributed by atoms with E-state index in [1.807, 2.05) is 27.2 Å². The lowest BCUT2D eigenvalue weighted by atomic mass is 10.1. The van der Waals surface area contributed by atoms with E-state index in [0.29, 0.717) is 17.4 Å². The van der Waals surface area contributed by atoms with Crippen LogP contribution in [0, 0.1) is 0 Å². The molecule has 3 atom stereocenters. The van der Waals surface area contributed by atoms with Crippen LogP contribution in [0.2, 0.25) is 0 Å². The lowest BCUT2D eigenvalue weighted by Gasteiger charge is -2.25. The van der Waals surface area contributed by atoms with Crippen LogP contribution >= 0.6 is 7.82 Å². The van der Waals surface area contributed by atoms with Crippen LogP contribution in [-0.2, 0) is 18.4 Å². The quantitative estimate of drug-likeness (QED) is 0.0631. The Kier molecular flexibility index (Phi) is 20.8. The summed E-state index contributed by atoms with van der Waals surface area (Å²) < 4.78 is 23.1. The normalized spacial score (nSPS) is 15.6. The van der Waals surface area contributed by atoms with Crippen molar-refractivity contribution in [2.75, 3.05) is 40.9 Å². The van der Waals surface area contributed by atoms with Gasteiger partial charge >= 0.3 is 7.82 Å². The number of rotatable bonds is 24. The molecule has 8 nitrogen and oxygen atoms in total. The van der Waals surface area contributed by atoms with Gasteiger partial charge in [0.25, 0.3) is 0 Å². The molecule has 0 aliphatic carbocycles. The molecule has 0 aliphatic rings. The third-order valence-corrected chi connectivity index (χ3v) is 6.99. The molecule has 0 aromatic rings. The molecule has 0 aromatic heterocycles. The van der Waals surface area contributed by atoms with Crippen molar-refractivity contribution in [1.29, 1.82) is 0 Å². The van der Waals surface area contributed by atoms with E-state index in [4.69, 9.17) is 9.05 Å². The van der Waals surface area contributed by atoms with E-state index in [2.05, 4.69) is 19.2 Å². The smallest absolute Gasteiger partial charge is 0.387 e. The second kappa shape index (κ2) is 21.2. The van der Waals surface area contributed by atoms with E-state index in [0.717, 1.165) is 51.4 Å². The van der Waals surface area contributed by atoms with Crippen molar-refractivity contribution in [3.63, 3.8) is 0 Å². The van der Waals surface area contributed by atoms with E-state index >= 15 is 0 Å². The maximum absolute atomic E-state index is 12.5. The molecule has 0 saturated heterocycles. The van der Waals surface area contributed by atoms with Crippen molar-refractivity contribution in [2.24, 2.45) is 0 Å². The van der Waals surface area contributed by atoms with Crippen LogP contribution in [0.1, 0.15) is 104 Å². The SMILES string of the molecule is CCCCCCCCC/C=C/C(O)C(COP(=O)(O)OCC[N+](C)(C)C)NC(=O)CCCCCCC. The number of likely N-dealkylation sites (N-methyl/N-ethyl adjacent to an activating group) is 1. The minimum absolute atomic E-state index is 0.0625. The summed E-state index contributed by atoms with van der Waals surface area (Å²) in [7, 11) is 1.56. The van der Waals surface area contributed by atoms with Gasteiger partial charge in [-0.05, 0) is 19.3 Å². The third-order valence-electron chi connectivity index (χ3n) is 6.01. The van der Waals surface area contributed by atoms with Crippen molar-refractivity contribution in [3.8, 4) is 0 Å². The third kappa shape index (κ3) is 22.4. The molecule has 214 valence electrons. The van der Waals surface area contributed by atoms with Gasteiger partial charge in [-0.3, -0.25) is 13.8 Å².